The molecule has 0 heterocycles. The van der Waals surface area contributed by atoms with E-state index in [1.807, 2.05) is 0 Å². The minimum absolute atomic E-state index is 0. The maximum absolute atomic E-state index is 9.65. The van der Waals surface area contributed by atoms with Crippen LogP contribution in [0, 0.1) is 0 Å². The summed E-state index contributed by atoms with van der Waals surface area (Å²) in [4.78, 5) is 9.65. The number of hydrogen-bond donors (Lipinski definition) is 3. The van der Waals surface area contributed by atoms with E-state index in [1.165, 1.54) is 0 Å². The van der Waals surface area contributed by atoms with Gasteiger partial charge in [0.25, 0.3) is 0 Å². The average Bonchev–Trinajstić information content (AvgIpc) is 1.65. The predicted molar refractivity (Wildman–Crippen MR) is 31.2 cm³/mol. The van der Waals surface area contributed by atoms with Gasteiger partial charge in [-0.25, -0.2) is 0 Å². The number of carboxylic acids is 1. The Morgan fingerprint density at radius 1 is 1.75 bits per heavy atom. The normalized spacial score (nSPS) is 11.8. The maximum atomic E-state index is 9.65. The fraction of sp³-hybridized carbons (Fsp3) is 0.667. The zero-order valence-electron chi connectivity index (χ0n) is 4.37. The Bertz CT molecular complexity index is 76.9. The molecule has 0 fully saturated rings. The van der Waals surface area contributed by atoms with Crippen molar-refractivity contribution < 1.29 is 15.0 Å². The van der Waals surface area contributed by atoms with Gasteiger partial charge in [-0.1, -0.05) is 0 Å². The van der Waals surface area contributed by atoms with Crippen LogP contribution in [0.5, 0.6) is 0 Å². The van der Waals surface area contributed by atoms with Gasteiger partial charge < -0.3 is 15.9 Å². The van der Waals surface area contributed by atoms with Crippen LogP contribution >= 0.6 is 0 Å². The zero-order chi connectivity index (χ0) is 5.86. The average molecular weight is 314 g/mol. The van der Waals surface area contributed by atoms with Gasteiger partial charge in [0.1, 0.15) is 6.04 Å². The number of aliphatic carboxylic acids is 1. The molecule has 48 valence electrons. The summed E-state index contributed by atoms with van der Waals surface area (Å²) >= 11 is 0. The van der Waals surface area contributed by atoms with Crippen LogP contribution in [0.3, 0.4) is 0 Å². The Morgan fingerprint density at radius 2 is 2.12 bits per heavy atom. The fourth-order valence-corrected chi connectivity index (χ4v) is 0.0781. The standard InChI is InChI=1S/C3H7NO3.Pb.2H/c4-2(1-5)3(6)7;;;/h2,5H,1,4H2,(H,6,7);;;/t2-;;;/m0.../s1. The van der Waals surface area contributed by atoms with Crippen molar-refractivity contribution in [1.29, 1.82) is 0 Å². The van der Waals surface area contributed by atoms with Crippen LogP contribution < -0.4 is 5.73 Å². The number of nitrogens with two attached hydrogens (primary N) is 1. The first-order valence-electron chi connectivity index (χ1n) is 1.77. The molecule has 0 aliphatic heterocycles. The van der Waals surface area contributed by atoms with Crippen LogP contribution in [0.1, 0.15) is 0 Å². The molecule has 0 bridgehead atoms. The van der Waals surface area contributed by atoms with Crippen molar-refractivity contribution in [1.82, 2.24) is 0 Å². The Morgan fingerprint density at radius 3 is 2.12 bits per heavy atom. The summed E-state index contributed by atoms with van der Waals surface area (Å²) < 4.78 is 0. The van der Waals surface area contributed by atoms with Gasteiger partial charge in [0.05, 0.1) is 6.61 Å². The van der Waals surface area contributed by atoms with Gasteiger partial charge in [-0.3, -0.25) is 4.79 Å². The van der Waals surface area contributed by atoms with E-state index < -0.39 is 18.6 Å². The molecule has 2 radical (unpaired) electrons. The van der Waals surface area contributed by atoms with Gasteiger partial charge in [-0.05, 0) is 0 Å². The number of aliphatic hydroxyl groups excluding tert-OH is 1. The summed E-state index contributed by atoms with van der Waals surface area (Å²) in [6.07, 6.45) is 0. The van der Waals surface area contributed by atoms with E-state index in [-0.39, 0.29) is 27.3 Å². The summed E-state index contributed by atoms with van der Waals surface area (Å²) in [6.45, 7) is -0.505. The molecule has 4 N–H and O–H groups in total. The quantitative estimate of drug-likeness (QED) is 0.491. The molecule has 0 rings (SSSR count). The molecule has 0 aliphatic rings. The number of rotatable bonds is 2. The number of carbonyl (C=O) groups is 1. The zero-order valence-corrected chi connectivity index (χ0v) is 9.87. The molecule has 4 nitrogen and oxygen atoms in total. The van der Waals surface area contributed by atoms with E-state index in [9.17, 15) is 4.79 Å². The molecule has 0 aromatic heterocycles. The van der Waals surface area contributed by atoms with E-state index in [4.69, 9.17) is 15.9 Å². The third kappa shape index (κ3) is 4.47. The summed E-state index contributed by atoms with van der Waals surface area (Å²) in [7, 11) is 0. The van der Waals surface area contributed by atoms with E-state index >= 15 is 0 Å². The van der Waals surface area contributed by atoms with Crippen molar-refractivity contribution in [2.24, 2.45) is 5.73 Å². The number of carboxylic acid groups (broad SMARTS) is 1. The van der Waals surface area contributed by atoms with Gasteiger partial charge >= 0.3 is 33.3 Å². The first-order chi connectivity index (χ1) is 3.18. The van der Waals surface area contributed by atoms with Crippen LogP contribution in [0.15, 0.2) is 0 Å². The molecular formula is C3H9NO3Pb. The van der Waals surface area contributed by atoms with Crippen LogP contribution in [-0.2, 0) is 4.79 Å². The second-order valence-corrected chi connectivity index (χ2v) is 1.13. The molecule has 0 aliphatic carbocycles. The first kappa shape index (κ1) is 11.2. The van der Waals surface area contributed by atoms with Gasteiger partial charge in [0, 0.05) is 0 Å². The molecule has 0 unspecified atom stereocenters. The van der Waals surface area contributed by atoms with Crippen molar-refractivity contribution in [2.45, 2.75) is 6.04 Å². The fourth-order valence-electron chi connectivity index (χ4n) is 0.0781. The van der Waals surface area contributed by atoms with Crippen molar-refractivity contribution in [3.63, 3.8) is 0 Å². The van der Waals surface area contributed by atoms with Gasteiger partial charge in [0.15, 0.2) is 0 Å². The monoisotopic (exact) mass is 315 g/mol. The van der Waals surface area contributed by atoms with E-state index in [0.717, 1.165) is 0 Å². The third-order valence-electron chi connectivity index (χ3n) is 0.514. The van der Waals surface area contributed by atoms with Crippen molar-refractivity contribution in [2.75, 3.05) is 6.61 Å². The number of hydrogen-bond acceptors (Lipinski definition) is 3. The predicted octanol–water partition coefficient (Wildman–Crippen LogP) is -2.53. The van der Waals surface area contributed by atoms with Crippen molar-refractivity contribution in [3.8, 4) is 0 Å². The van der Waals surface area contributed by atoms with E-state index in [1.54, 1.807) is 0 Å². The second-order valence-electron chi connectivity index (χ2n) is 1.13. The summed E-state index contributed by atoms with van der Waals surface area (Å²) in [5.41, 5.74) is 4.77. The van der Waals surface area contributed by atoms with Crippen LogP contribution in [0.4, 0.5) is 0 Å². The Balaban J connectivity index is 0. The first-order valence-corrected chi connectivity index (χ1v) is 1.77. The molecule has 0 aromatic rings. The second kappa shape index (κ2) is 5.45. The molecule has 0 spiro atoms. The topological polar surface area (TPSA) is 83.5 Å². The summed E-state index contributed by atoms with van der Waals surface area (Å²) in [5.74, 6) is -1.18. The Labute approximate surface area is 66.8 Å². The van der Waals surface area contributed by atoms with Crippen molar-refractivity contribution >= 4 is 33.3 Å². The molecule has 0 amide bonds. The van der Waals surface area contributed by atoms with Gasteiger partial charge in [0.2, 0.25) is 0 Å². The minimum atomic E-state index is -1.18. The molecule has 5 heteroatoms. The Kier molecular flexibility index (Phi) is 7.60. The van der Waals surface area contributed by atoms with Crippen LogP contribution in [0.25, 0.3) is 0 Å². The van der Waals surface area contributed by atoms with Crippen molar-refractivity contribution in [3.05, 3.63) is 0 Å². The van der Waals surface area contributed by atoms with Gasteiger partial charge in [-0.15, -0.1) is 0 Å². The van der Waals surface area contributed by atoms with Crippen LogP contribution in [-0.4, -0.2) is 56.1 Å². The Hall–Kier alpha value is 0.312. The summed E-state index contributed by atoms with van der Waals surface area (Å²) in [5, 5.41) is 15.9. The molecule has 0 aromatic carbocycles. The summed E-state index contributed by atoms with van der Waals surface area (Å²) in [6, 6.07) is -1.13. The SMILES string of the molecule is N[C@@H](CO)C(=O)O.[PbH2]. The van der Waals surface area contributed by atoms with E-state index in [0.29, 0.717) is 0 Å². The molecule has 0 saturated heterocycles. The number of aliphatic hydroxyl groups is 1. The molecular weight excluding hydrogens is 305 g/mol. The van der Waals surface area contributed by atoms with E-state index in [2.05, 4.69) is 0 Å². The molecule has 1 atom stereocenters. The van der Waals surface area contributed by atoms with Crippen LogP contribution in [0.2, 0.25) is 0 Å². The molecule has 0 saturated carbocycles. The third-order valence-corrected chi connectivity index (χ3v) is 0.514. The van der Waals surface area contributed by atoms with Gasteiger partial charge in [-0.2, -0.15) is 0 Å². The molecule has 8 heavy (non-hydrogen) atoms.